The number of benzene rings is 1. The number of hydrogen-bond donors (Lipinski definition) is 1. The second kappa shape index (κ2) is 8.41. The van der Waals surface area contributed by atoms with Crippen LogP contribution in [0.3, 0.4) is 0 Å². The molecule has 2 aromatic rings. The van der Waals surface area contributed by atoms with E-state index in [0.717, 1.165) is 29.5 Å². The van der Waals surface area contributed by atoms with Gasteiger partial charge in [0.1, 0.15) is 17.5 Å². The Kier molecular flexibility index (Phi) is 5.98. The van der Waals surface area contributed by atoms with Crippen molar-refractivity contribution >= 4 is 45.4 Å². The topological polar surface area (TPSA) is 85.1 Å². The Morgan fingerprint density at radius 1 is 1.26 bits per heavy atom. The quantitative estimate of drug-likeness (QED) is 0.430. The van der Waals surface area contributed by atoms with Crippen molar-refractivity contribution in [2.24, 2.45) is 0 Å². The van der Waals surface area contributed by atoms with Gasteiger partial charge in [-0.3, -0.25) is 4.79 Å². The first-order valence-corrected chi connectivity index (χ1v) is 10.3. The largest absolute Gasteiger partial charge is 0.360 e. The molecule has 140 valence electrons. The van der Waals surface area contributed by atoms with Gasteiger partial charge in [-0.25, -0.2) is 0 Å². The third-order valence-electron chi connectivity index (χ3n) is 4.11. The van der Waals surface area contributed by atoms with Crippen molar-refractivity contribution in [2.75, 3.05) is 41.5 Å². The highest BCUT2D eigenvalue weighted by atomic mass is 32.2. The molecule has 27 heavy (non-hydrogen) atoms. The molecular formula is C18H20N6OS2. The van der Waals surface area contributed by atoms with Gasteiger partial charge in [0.2, 0.25) is 5.13 Å². The fourth-order valence-corrected chi connectivity index (χ4v) is 4.48. The molecule has 1 aromatic carbocycles. The zero-order valence-electron chi connectivity index (χ0n) is 15.4. The summed E-state index contributed by atoms with van der Waals surface area (Å²) in [5.74, 6) is 0.529. The van der Waals surface area contributed by atoms with E-state index < -0.39 is 0 Å². The number of thioether (sulfide) groups is 1. The number of hydrogen-bond acceptors (Lipinski definition) is 9. The lowest BCUT2D eigenvalue weighted by atomic mass is 10.2. The maximum Gasteiger partial charge on any atom is 0.206 e. The van der Waals surface area contributed by atoms with Gasteiger partial charge < -0.3 is 15.1 Å². The highest BCUT2D eigenvalue weighted by molar-refractivity contribution is 8.01. The third-order valence-corrected chi connectivity index (χ3v) is 6.13. The molecule has 1 N–H and O–H groups in total. The van der Waals surface area contributed by atoms with Crippen molar-refractivity contribution in [1.29, 1.82) is 5.26 Å². The smallest absolute Gasteiger partial charge is 0.206 e. The number of rotatable bonds is 7. The van der Waals surface area contributed by atoms with Crippen molar-refractivity contribution < 1.29 is 4.79 Å². The van der Waals surface area contributed by atoms with Crippen LogP contribution in [0.2, 0.25) is 0 Å². The lowest BCUT2D eigenvalue weighted by molar-refractivity contribution is -0.112. The molecule has 0 spiro atoms. The van der Waals surface area contributed by atoms with E-state index in [0.29, 0.717) is 10.2 Å². The van der Waals surface area contributed by atoms with Crippen molar-refractivity contribution in [3.8, 4) is 6.07 Å². The van der Waals surface area contributed by atoms with Gasteiger partial charge in [-0.05, 0) is 18.6 Å². The average Bonchev–Trinajstić information content (AvgIpc) is 3.24. The molecule has 0 atom stereocenters. The molecule has 2 heterocycles. The molecule has 0 aliphatic carbocycles. The Labute approximate surface area is 166 Å². The molecule has 7 nitrogen and oxygen atoms in total. The molecular weight excluding hydrogens is 380 g/mol. The van der Waals surface area contributed by atoms with Crippen LogP contribution >= 0.6 is 23.1 Å². The number of aromatic nitrogens is 2. The van der Waals surface area contributed by atoms with Crippen molar-refractivity contribution in [3.63, 3.8) is 0 Å². The van der Waals surface area contributed by atoms with Crippen molar-refractivity contribution in [3.05, 3.63) is 35.7 Å². The van der Waals surface area contributed by atoms with Crippen LogP contribution in [-0.4, -0.2) is 42.4 Å². The number of anilines is 3. The summed E-state index contributed by atoms with van der Waals surface area (Å²) < 4.78 is 0.709. The van der Waals surface area contributed by atoms with Gasteiger partial charge in [-0.1, -0.05) is 42.2 Å². The van der Waals surface area contributed by atoms with Crippen LogP contribution < -0.4 is 15.1 Å². The summed E-state index contributed by atoms with van der Waals surface area (Å²) >= 11 is 2.72. The van der Waals surface area contributed by atoms with E-state index in [1.54, 1.807) is 0 Å². The van der Waals surface area contributed by atoms with E-state index in [1.165, 1.54) is 23.1 Å². The van der Waals surface area contributed by atoms with Gasteiger partial charge >= 0.3 is 0 Å². The number of fused-ring (bicyclic) bond motifs is 1. The van der Waals surface area contributed by atoms with Gasteiger partial charge in [0.25, 0.3) is 0 Å². The molecule has 0 fully saturated rings. The Bertz CT molecular complexity index is 886. The third kappa shape index (κ3) is 3.91. The van der Waals surface area contributed by atoms with Crippen LogP contribution in [0.1, 0.15) is 13.3 Å². The van der Waals surface area contributed by atoms with E-state index in [2.05, 4.69) is 28.5 Å². The van der Waals surface area contributed by atoms with E-state index in [4.69, 9.17) is 0 Å². The van der Waals surface area contributed by atoms with Crippen LogP contribution in [0.4, 0.5) is 16.5 Å². The maximum absolute atomic E-state index is 12.7. The van der Waals surface area contributed by atoms with Gasteiger partial charge in [0, 0.05) is 20.6 Å². The predicted octanol–water partition coefficient (Wildman–Crippen LogP) is 3.34. The Hall–Kier alpha value is -2.57. The van der Waals surface area contributed by atoms with E-state index >= 15 is 0 Å². The van der Waals surface area contributed by atoms with Gasteiger partial charge in [-0.15, -0.1) is 10.2 Å². The van der Waals surface area contributed by atoms with E-state index in [-0.39, 0.29) is 17.1 Å². The van der Waals surface area contributed by atoms with E-state index in [1.807, 2.05) is 48.2 Å². The lowest BCUT2D eigenvalue weighted by Gasteiger charge is -2.19. The van der Waals surface area contributed by atoms with Crippen molar-refractivity contribution in [2.45, 2.75) is 17.7 Å². The zero-order chi connectivity index (χ0) is 19.4. The van der Waals surface area contributed by atoms with Crippen LogP contribution in [0.5, 0.6) is 0 Å². The summed E-state index contributed by atoms with van der Waals surface area (Å²) in [5, 5.41) is 21.7. The molecule has 1 aliphatic rings. The number of para-hydroxylation sites is 2. The Morgan fingerprint density at radius 3 is 2.52 bits per heavy atom. The molecule has 0 amide bonds. The van der Waals surface area contributed by atoms with Crippen LogP contribution in [-0.2, 0) is 4.79 Å². The molecule has 1 aromatic heterocycles. The average molecular weight is 401 g/mol. The Morgan fingerprint density at radius 2 is 1.93 bits per heavy atom. The maximum atomic E-state index is 12.7. The highest BCUT2D eigenvalue weighted by Gasteiger charge is 2.31. The molecule has 3 rings (SSSR count). The molecule has 0 unspecified atom stereocenters. The number of carbonyl (C=O) groups excluding carboxylic acids is 1. The fourth-order valence-electron chi connectivity index (χ4n) is 2.83. The number of carbonyl (C=O) groups is 1. The minimum atomic E-state index is -0.220. The summed E-state index contributed by atoms with van der Waals surface area (Å²) in [5.41, 5.74) is 2.09. The summed E-state index contributed by atoms with van der Waals surface area (Å²) in [7, 11) is 3.73. The first-order chi connectivity index (χ1) is 13.1. The number of nitriles is 1. The molecule has 0 bridgehead atoms. The molecule has 9 heteroatoms. The van der Waals surface area contributed by atoms with Crippen molar-refractivity contribution in [1.82, 2.24) is 10.2 Å². The van der Waals surface area contributed by atoms with Gasteiger partial charge in [-0.2, -0.15) is 5.26 Å². The van der Waals surface area contributed by atoms with E-state index in [9.17, 15) is 10.1 Å². The zero-order valence-corrected chi connectivity index (χ0v) is 17.0. The fraction of sp³-hybridized carbons (Fsp3) is 0.333. The molecule has 0 saturated heterocycles. The van der Waals surface area contributed by atoms with Crippen LogP contribution in [0.25, 0.3) is 0 Å². The molecule has 0 radical (unpaired) electrons. The lowest BCUT2D eigenvalue weighted by Crippen LogP contribution is -2.26. The van der Waals surface area contributed by atoms with Crippen LogP contribution in [0, 0.1) is 11.3 Å². The second-order valence-electron chi connectivity index (χ2n) is 5.93. The normalized spacial score (nSPS) is 12.7. The highest BCUT2D eigenvalue weighted by Crippen LogP contribution is 2.40. The number of nitrogens with one attached hydrogen (secondary N) is 1. The van der Waals surface area contributed by atoms with Gasteiger partial charge in [0.15, 0.2) is 10.1 Å². The Balaban J connectivity index is 1.74. The molecule has 1 aliphatic heterocycles. The minimum absolute atomic E-state index is 0.146. The first-order valence-electron chi connectivity index (χ1n) is 8.51. The number of Topliss-reactive ketones (excluding diaryl/α,β-unsaturated/α-hetero) is 1. The summed E-state index contributed by atoms with van der Waals surface area (Å²) in [4.78, 5) is 16.5. The first kappa shape index (κ1) is 19.2. The number of ketones is 1. The summed E-state index contributed by atoms with van der Waals surface area (Å²) in [6.45, 7) is 2.91. The van der Waals surface area contributed by atoms with Crippen LogP contribution in [0.15, 0.2) is 40.0 Å². The predicted molar refractivity (Wildman–Crippen MR) is 110 cm³/mol. The minimum Gasteiger partial charge on any atom is -0.360 e. The summed E-state index contributed by atoms with van der Waals surface area (Å²) in [6, 6.07) is 9.92. The molecule has 0 saturated carbocycles. The monoisotopic (exact) mass is 400 g/mol. The second-order valence-corrected chi connectivity index (χ2v) is 8.13. The number of allylic oxidation sites excluding steroid dienone is 1. The standard InChI is InChI=1S/C18H20N6OS2/c1-4-9-20-17-21-22-18(27-17)26-11-15(25)12(10-19)16-23(2)13-7-5-6-8-14(13)24(16)3/h5-8H,4,9,11H2,1-3H3,(H,20,21). The summed E-state index contributed by atoms with van der Waals surface area (Å²) in [6.07, 6.45) is 1.00. The SMILES string of the molecule is CCCNc1nnc(SCC(=O)C(C#N)=C2N(C)c3ccccc3N2C)s1. The van der Waals surface area contributed by atoms with Gasteiger partial charge in [0.05, 0.1) is 17.1 Å². The number of nitrogens with zero attached hydrogens (tertiary/aromatic N) is 5.